The van der Waals surface area contributed by atoms with Crippen molar-refractivity contribution in [2.75, 3.05) is 12.8 Å². The number of nitrogens with two attached hydrogens (primary N) is 1. The summed E-state index contributed by atoms with van der Waals surface area (Å²) in [5, 5.41) is 0. The number of nitrogen functional groups attached to an aromatic ring is 1. The summed E-state index contributed by atoms with van der Waals surface area (Å²) >= 11 is 0. The van der Waals surface area contributed by atoms with E-state index in [2.05, 4.69) is 32.9 Å². The van der Waals surface area contributed by atoms with Crippen molar-refractivity contribution in [3.63, 3.8) is 0 Å². The third-order valence-electron chi connectivity index (χ3n) is 7.53. The van der Waals surface area contributed by atoms with Gasteiger partial charge >= 0.3 is 0 Å². The normalized spacial score (nSPS) is 11.8. The molecule has 0 atom stereocenters. The first-order valence-corrected chi connectivity index (χ1v) is 14.1. The molecule has 186 valence electrons. The van der Waals surface area contributed by atoms with Crippen LogP contribution < -0.4 is 10.5 Å². The molecule has 32 heavy (non-hydrogen) atoms. The van der Waals surface area contributed by atoms with Crippen molar-refractivity contribution < 1.29 is 4.74 Å². The average Bonchev–Trinajstić information content (AvgIpc) is 2.81. The molecule has 0 aliphatic heterocycles. The zero-order valence-electron chi connectivity index (χ0n) is 22.2. The monoisotopic (exact) mass is 445 g/mol. The lowest BCUT2D eigenvalue weighted by atomic mass is 9.70. The molecule has 1 aromatic carbocycles. The van der Waals surface area contributed by atoms with Crippen LogP contribution in [0.3, 0.4) is 0 Å². The summed E-state index contributed by atoms with van der Waals surface area (Å²) in [7, 11) is 1.76. The fourth-order valence-corrected chi connectivity index (χ4v) is 5.25. The Kier molecular flexibility index (Phi) is 16.5. The van der Waals surface area contributed by atoms with Gasteiger partial charge in [-0.2, -0.15) is 0 Å². The highest BCUT2D eigenvalue weighted by Crippen LogP contribution is 2.43. The van der Waals surface area contributed by atoms with Crippen LogP contribution in [-0.4, -0.2) is 7.11 Å². The lowest BCUT2D eigenvalue weighted by molar-refractivity contribution is 0.320. The predicted octanol–water partition coefficient (Wildman–Crippen LogP) is 9.99. The Balaban J connectivity index is 2.66. The van der Waals surface area contributed by atoms with E-state index in [0.29, 0.717) is 0 Å². The Labute approximate surface area is 201 Å². The van der Waals surface area contributed by atoms with E-state index in [1.807, 2.05) is 6.07 Å². The van der Waals surface area contributed by atoms with Gasteiger partial charge in [0.1, 0.15) is 5.75 Å². The number of unbranched alkanes of at least 4 members (excludes halogenated alkanes) is 14. The molecule has 2 N–H and O–H groups in total. The standard InChI is InChI=1S/C30H55NO/c1-5-8-10-12-14-16-18-20-24-30(7-3,25-21-19-17-15-13-11-9-6-2)28-26-27(32-4)22-23-29(28)31/h22-23,26H,5-21,24-25,31H2,1-4H3. The predicted molar refractivity (Wildman–Crippen MR) is 144 cm³/mol. The summed E-state index contributed by atoms with van der Waals surface area (Å²) in [5.74, 6) is 0.943. The van der Waals surface area contributed by atoms with Crippen molar-refractivity contribution in [3.8, 4) is 5.75 Å². The maximum Gasteiger partial charge on any atom is 0.119 e. The summed E-state index contributed by atoms with van der Waals surface area (Å²) in [4.78, 5) is 0. The number of ether oxygens (including phenoxy) is 1. The molecular formula is C30H55NO. The van der Waals surface area contributed by atoms with Crippen LogP contribution in [0.15, 0.2) is 18.2 Å². The van der Waals surface area contributed by atoms with Gasteiger partial charge in [0.05, 0.1) is 7.11 Å². The van der Waals surface area contributed by atoms with Gasteiger partial charge in [-0.05, 0) is 48.4 Å². The molecule has 0 aliphatic carbocycles. The zero-order valence-corrected chi connectivity index (χ0v) is 22.2. The first-order valence-electron chi connectivity index (χ1n) is 14.1. The van der Waals surface area contributed by atoms with Crippen LogP contribution >= 0.6 is 0 Å². The van der Waals surface area contributed by atoms with Crippen molar-refractivity contribution in [1.29, 1.82) is 0 Å². The molecule has 1 aromatic rings. The van der Waals surface area contributed by atoms with E-state index >= 15 is 0 Å². The topological polar surface area (TPSA) is 35.2 Å². The molecule has 2 heteroatoms. The third-order valence-corrected chi connectivity index (χ3v) is 7.53. The molecule has 0 radical (unpaired) electrons. The fourth-order valence-electron chi connectivity index (χ4n) is 5.25. The van der Waals surface area contributed by atoms with Gasteiger partial charge in [-0.15, -0.1) is 0 Å². The van der Waals surface area contributed by atoms with Gasteiger partial charge in [0.25, 0.3) is 0 Å². The Morgan fingerprint density at radius 2 is 1.09 bits per heavy atom. The first-order chi connectivity index (χ1) is 15.6. The fraction of sp³-hybridized carbons (Fsp3) is 0.800. The van der Waals surface area contributed by atoms with E-state index in [4.69, 9.17) is 10.5 Å². The molecule has 0 aliphatic rings. The van der Waals surface area contributed by atoms with Crippen molar-refractivity contribution in [2.24, 2.45) is 0 Å². The van der Waals surface area contributed by atoms with Crippen LogP contribution in [0.25, 0.3) is 0 Å². The SMILES string of the molecule is CCCCCCCCCCC(CC)(CCCCCCCCCC)c1cc(OC)ccc1N. The van der Waals surface area contributed by atoms with E-state index in [-0.39, 0.29) is 5.41 Å². The molecule has 0 fully saturated rings. The quantitative estimate of drug-likeness (QED) is 0.151. The minimum atomic E-state index is 0.197. The number of benzene rings is 1. The summed E-state index contributed by atoms with van der Waals surface area (Å²) in [5.41, 5.74) is 9.03. The van der Waals surface area contributed by atoms with Crippen LogP contribution in [0.4, 0.5) is 5.69 Å². The van der Waals surface area contributed by atoms with Gasteiger partial charge in [0.15, 0.2) is 0 Å². The van der Waals surface area contributed by atoms with E-state index in [1.165, 1.54) is 121 Å². The van der Waals surface area contributed by atoms with Crippen molar-refractivity contribution in [1.82, 2.24) is 0 Å². The summed E-state index contributed by atoms with van der Waals surface area (Å²) < 4.78 is 5.57. The maximum absolute atomic E-state index is 6.55. The lowest BCUT2D eigenvalue weighted by Crippen LogP contribution is -2.27. The number of methoxy groups -OCH3 is 1. The second-order valence-corrected chi connectivity index (χ2v) is 10.0. The van der Waals surface area contributed by atoms with Gasteiger partial charge in [0, 0.05) is 5.69 Å². The van der Waals surface area contributed by atoms with E-state index < -0.39 is 0 Å². The third kappa shape index (κ3) is 11.1. The summed E-state index contributed by atoms with van der Waals surface area (Å²) in [6.07, 6.45) is 25.7. The van der Waals surface area contributed by atoms with Crippen LogP contribution in [0, 0.1) is 0 Å². The number of rotatable bonds is 21. The number of anilines is 1. The second kappa shape index (κ2) is 18.3. The molecule has 0 heterocycles. The van der Waals surface area contributed by atoms with E-state index in [1.54, 1.807) is 7.11 Å². The highest BCUT2D eigenvalue weighted by atomic mass is 16.5. The molecule has 0 bridgehead atoms. The highest BCUT2D eigenvalue weighted by molar-refractivity contribution is 5.54. The number of hydrogen-bond donors (Lipinski definition) is 1. The van der Waals surface area contributed by atoms with Crippen LogP contribution in [0.2, 0.25) is 0 Å². The molecule has 0 saturated heterocycles. The van der Waals surface area contributed by atoms with Gasteiger partial charge < -0.3 is 10.5 Å². The summed E-state index contributed by atoms with van der Waals surface area (Å²) in [6, 6.07) is 6.29. The van der Waals surface area contributed by atoms with E-state index in [0.717, 1.165) is 17.9 Å². The first kappa shape index (κ1) is 28.9. The van der Waals surface area contributed by atoms with E-state index in [9.17, 15) is 0 Å². The Morgan fingerprint density at radius 1 is 0.656 bits per heavy atom. The second-order valence-electron chi connectivity index (χ2n) is 10.0. The smallest absolute Gasteiger partial charge is 0.119 e. The minimum Gasteiger partial charge on any atom is -0.497 e. The maximum atomic E-state index is 6.55. The van der Waals surface area contributed by atoms with Gasteiger partial charge in [-0.1, -0.05) is 124 Å². The molecule has 0 spiro atoms. The Morgan fingerprint density at radius 3 is 1.50 bits per heavy atom. The lowest BCUT2D eigenvalue weighted by Gasteiger charge is -2.35. The van der Waals surface area contributed by atoms with Gasteiger partial charge in [0.2, 0.25) is 0 Å². The van der Waals surface area contributed by atoms with Crippen LogP contribution in [0.1, 0.15) is 148 Å². The summed E-state index contributed by atoms with van der Waals surface area (Å²) in [6.45, 7) is 6.95. The minimum absolute atomic E-state index is 0.197. The largest absolute Gasteiger partial charge is 0.497 e. The average molecular weight is 446 g/mol. The Hall–Kier alpha value is -1.18. The molecule has 0 saturated carbocycles. The van der Waals surface area contributed by atoms with Crippen LogP contribution in [0.5, 0.6) is 5.75 Å². The Bertz CT molecular complexity index is 548. The van der Waals surface area contributed by atoms with Crippen molar-refractivity contribution >= 4 is 5.69 Å². The zero-order chi connectivity index (χ0) is 23.5. The van der Waals surface area contributed by atoms with Crippen molar-refractivity contribution in [3.05, 3.63) is 23.8 Å². The highest BCUT2D eigenvalue weighted by Gasteiger charge is 2.31. The molecule has 1 rings (SSSR count). The van der Waals surface area contributed by atoms with Gasteiger partial charge in [-0.3, -0.25) is 0 Å². The molecular weight excluding hydrogens is 390 g/mol. The van der Waals surface area contributed by atoms with Crippen molar-refractivity contribution in [2.45, 2.75) is 148 Å². The molecule has 0 unspecified atom stereocenters. The van der Waals surface area contributed by atoms with Crippen LogP contribution in [-0.2, 0) is 5.41 Å². The van der Waals surface area contributed by atoms with Gasteiger partial charge in [-0.25, -0.2) is 0 Å². The molecule has 0 aromatic heterocycles. The molecule has 2 nitrogen and oxygen atoms in total. The molecule has 0 amide bonds. The number of hydrogen-bond acceptors (Lipinski definition) is 2.